The smallest absolute Gasteiger partial charge is 0.269 e. The van der Waals surface area contributed by atoms with Gasteiger partial charge in [-0.15, -0.1) is 0 Å². The summed E-state index contributed by atoms with van der Waals surface area (Å²) in [5, 5.41) is 20.3. The minimum absolute atomic E-state index is 0.0741. The number of rotatable bonds is 2. The Labute approximate surface area is 116 Å². The van der Waals surface area contributed by atoms with E-state index in [1.165, 1.54) is 12.1 Å². The molecule has 5 heteroatoms. The summed E-state index contributed by atoms with van der Waals surface area (Å²) in [4.78, 5) is 10.2. The SMILES string of the molecule is O=[N+]([O-])c1ccc(-c2cc3c(o2)CCC(O)CC3)cc1. The van der Waals surface area contributed by atoms with Crippen molar-refractivity contribution >= 4 is 5.69 Å². The van der Waals surface area contributed by atoms with Crippen molar-refractivity contribution in [2.24, 2.45) is 0 Å². The number of benzene rings is 1. The summed E-state index contributed by atoms with van der Waals surface area (Å²) in [5.74, 6) is 1.66. The first kappa shape index (κ1) is 12.9. The quantitative estimate of drug-likeness (QED) is 0.518. The fourth-order valence-electron chi connectivity index (χ4n) is 2.54. The topological polar surface area (TPSA) is 76.5 Å². The summed E-state index contributed by atoms with van der Waals surface area (Å²) in [7, 11) is 0. The molecule has 0 fully saturated rings. The van der Waals surface area contributed by atoms with Crippen LogP contribution in [0.2, 0.25) is 0 Å². The fourth-order valence-corrected chi connectivity index (χ4v) is 2.54. The van der Waals surface area contributed by atoms with E-state index in [0.717, 1.165) is 48.3 Å². The van der Waals surface area contributed by atoms with Gasteiger partial charge in [-0.1, -0.05) is 0 Å². The zero-order chi connectivity index (χ0) is 14.1. The number of fused-ring (bicyclic) bond motifs is 1. The van der Waals surface area contributed by atoms with Crippen molar-refractivity contribution in [1.82, 2.24) is 0 Å². The largest absolute Gasteiger partial charge is 0.461 e. The van der Waals surface area contributed by atoms with Crippen LogP contribution in [0.5, 0.6) is 0 Å². The number of aryl methyl sites for hydroxylation is 2. The van der Waals surface area contributed by atoms with Crippen LogP contribution >= 0.6 is 0 Å². The number of furan rings is 1. The van der Waals surface area contributed by atoms with Crippen LogP contribution in [0, 0.1) is 10.1 Å². The first-order valence-corrected chi connectivity index (χ1v) is 6.68. The normalized spacial score (nSPS) is 18.4. The van der Waals surface area contributed by atoms with Gasteiger partial charge in [0.15, 0.2) is 0 Å². The summed E-state index contributed by atoms with van der Waals surface area (Å²) >= 11 is 0. The van der Waals surface area contributed by atoms with Gasteiger partial charge in [-0.3, -0.25) is 10.1 Å². The Morgan fingerprint density at radius 2 is 1.90 bits per heavy atom. The molecular weight excluding hydrogens is 258 g/mol. The summed E-state index contributed by atoms with van der Waals surface area (Å²) in [6, 6.07) is 8.34. The van der Waals surface area contributed by atoms with E-state index in [1.807, 2.05) is 6.07 Å². The molecule has 1 aliphatic rings. The van der Waals surface area contributed by atoms with E-state index >= 15 is 0 Å². The van der Waals surface area contributed by atoms with Crippen molar-refractivity contribution < 1.29 is 14.4 Å². The van der Waals surface area contributed by atoms with Gasteiger partial charge in [0.25, 0.3) is 5.69 Å². The Hall–Kier alpha value is -2.14. The molecule has 1 aromatic carbocycles. The van der Waals surface area contributed by atoms with Gasteiger partial charge in [0.2, 0.25) is 0 Å². The Bertz CT molecular complexity index is 604. The zero-order valence-electron chi connectivity index (χ0n) is 10.9. The third-order valence-electron chi connectivity index (χ3n) is 3.71. The molecule has 20 heavy (non-hydrogen) atoms. The van der Waals surface area contributed by atoms with Crippen LogP contribution < -0.4 is 0 Å². The van der Waals surface area contributed by atoms with Crippen molar-refractivity contribution in [1.29, 1.82) is 0 Å². The van der Waals surface area contributed by atoms with Gasteiger partial charge in [0.05, 0.1) is 11.0 Å². The average molecular weight is 273 g/mol. The fraction of sp³-hybridized carbons (Fsp3) is 0.333. The maximum atomic E-state index is 10.6. The van der Waals surface area contributed by atoms with Crippen LogP contribution in [0.15, 0.2) is 34.7 Å². The summed E-state index contributed by atoms with van der Waals surface area (Å²) in [5.41, 5.74) is 2.05. The van der Waals surface area contributed by atoms with Crippen LogP contribution in [0.25, 0.3) is 11.3 Å². The molecular formula is C15H15NO4. The molecule has 104 valence electrons. The number of hydrogen-bond donors (Lipinski definition) is 1. The number of aliphatic hydroxyl groups excluding tert-OH is 1. The molecule has 0 aliphatic heterocycles. The highest BCUT2D eigenvalue weighted by molar-refractivity contribution is 5.60. The second kappa shape index (κ2) is 5.09. The molecule has 1 aliphatic carbocycles. The maximum Gasteiger partial charge on any atom is 0.269 e. The molecule has 1 unspecified atom stereocenters. The summed E-state index contributed by atoms with van der Waals surface area (Å²) in [6.45, 7) is 0. The first-order chi connectivity index (χ1) is 9.63. The lowest BCUT2D eigenvalue weighted by Crippen LogP contribution is -2.05. The Morgan fingerprint density at radius 3 is 2.60 bits per heavy atom. The Morgan fingerprint density at radius 1 is 1.20 bits per heavy atom. The molecule has 5 nitrogen and oxygen atoms in total. The average Bonchev–Trinajstić information content (AvgIpc) is 2.78. The highest BCUT2D eigenvalue weighted by atomic mass is 16.6. The molecule has 0 amide bonds. The van der Waals surface area contributed by atoms with Crippen molar-refractivity contribution in [3.05, 3.63) is 51.8 Å². The molecule has 0 bridgehead atoms. The summed E-state index contributed by atoms with van der Waals surface area (Å²) < 4.78 is 5.84. The molecule has 3 rings (SSSR count). The monoisotopic (exact) mass is 273 g/mol. The van der Waals surface area contributed by atoms with Crippen LogP contribution in [0.4, 0.5) is 5.69 Å². The molecule has 1 heterocycles. The number of hydrogen-bond acceptors (Lipinski definition) is 4. The van der Waals surface area contributed by atoms with E-state index in [9.17, 15) is 15.2 Å². The number of nitro groups is 1. The predicted molar refractivity (Wildman–Crippen MR) is 73.4 cm³/mol. The molecule has 0 spiro atoms. The first-order valence-electron chi connectivity index (χ1n) is 6.68. The van der Waals surface area contributed by atoms with Gasteiger partial charge in [-0.05, 0) is 43.0 Å². The summed E-state index contributed by atoms with van der Waals surface area (Å²) in [6.07, 6.45) is 2.78. The molecule has 1 N–H and O–H groups in total. The zero-order valence-corrected chi connectivity index (χ0v) is 10.9. The minimum atomic E-state index is -0.414. The number of aliphatic hydroxyl groups is 1. The van der Waals surface area contributed by atoms with Crippen LogP contribution in [-0.4, -0.2) is 16.1 Å². The van der Waals surface area contributed by atoms with Crippen LogP contribution in [0.3, 0.4) is 0 Å². The van der Waals surface area contributed by atoms with Crippen molar-refractivity contribution in [2.45, 2.75) is 31.8 Å². The lowest BCUT2D eigenvalue weighted by Gasteiger charge is -2.03. The van der Waals surface area contributed by atoms with Gasteiger partial charge in [-0.25, -0.2) is 0 Å². The number of nitro benzene ring substituents is 1. The van der Waals surface area contributed by atoms with Gasteiger partial charge < -0.3 is 9.52 Å². The molecule has 2 aromatic rings. The molecule has 1 atom stereocenters. The second-order valence-electron chi connectivity index (χ2n) is 5.09. The maximum absolute atomic E-state index is 10.6. The molecule has 0 radical (unpaired) electrons. The Balaban J connectivity index is 1.88. The predicted octanol–water partition coefficient (Wildman–Crippen LogP) is 3.09. The molecule has 1 aromatic heterocycles. The minimum Gasteiger partial charge on any atom is -0.461 e. The van der Waals surface area contributed by atoms with Crippen molar-refractivity contribution in [3.8, 4) is 11.3 Å². The third kappa shape index (κ3) is 2.44. The van der Waals surface area contributed by atoms with Gasteiger partial charge >= 0.3 is 0 Å². The number of non-ortho nitro benzene ring substituents is 1. The van der Waals surface area contributed by atoms with Crippen LogP contribution in [0.1, 0.15) is 24.2 Å². The van der Waals surface area contributed by atoms with Crippen molar-refractivity contribution in [3.63, 3.8) is 0 Å². The number of nitrogens with zero attached hydrogens (tertiary/aromatic N) is 1. The standard InChI is InChI=1S/C15H15NO4/c17-13-6-3-11-9-15(20-14(11)8-7-13)10-1-4-12(5-2-10)16(18)19/h1-2,4-5,9,13,17H,3,6-8H2. The van der Waals surface area contributed by atoms with Gasteiger partial charge in [0.1, 0.15) is 11.5 Å². The van der Waals surface area contributed by atoms with E-state index in [2.05, 4.69) is 0 Å². The highest BCUT2D eigenvalue weighted by Crippen LogP contribution is 2.30. The molecule has 0 saturated heterocycles. The lowest BCUT2D eigenvalue weighted by atomic mass is 10.1. The van der Waals surface area contributed by atoms with E-state index in [-0.39, 0.29) is 11.8 Å². The van der Waals surface area contributed by atoms with E-state index in [1.54, 1.807) is 12.1 Å². The Kier molecular flexibility index (Phi) is 3.28. The van der Waals surface area contributed by atoms with Gasteiger partial charge in [-0.2, -0.15) is 0 Å². The highest BCUT2D eigenvalue weighted by Gasteiger charge is 2.19. The molecule has 0 saturated carbocycles. The second-order valence-corrected chi connectivity index (χ2v) is 5.09. The van der Waals surface area contributed by atoms with E-state index in [0.29, 0.717) is 0 Å². The van der Waals surface area contributed by atoms with E-state index in [4.69, 9.17) is 4.42 Å². The van der Waals surface area contributed by atoms with Gasteiger partial charge in [0, 0.05) is 24.1 Å². The third-order valence-corrected chi connectivity index (χ3v) is 3.71. The van der Waals surface area contributed by atoms with Crippen molar-refractivity contribution in [2.75, 3.05) is 0 Å². The van der Waals surface area contributed by atoms with Crippen LogP contribution in [-0.2, 0) is 12.8 Å². The lowest BCUT2D eigenvalue weighted by molar-refractivity contribution is -0.384. The van der Waals surface area contributed by atoms with E-state index < -0.39 is 4.92 Å².